The molecule has 6 heteroatoms. The summed E-state index contributed by atoms with van der Waals surface area (Å²) in [6.45, 7) is 2.27. The average molecular weight is 504 g/mol. The van der Waals surface area contributed by atoms with E-state index in [4.69, 9.17) is 10.5 Å². The van der Waals surface area contributed by atoms with E-state index in [0.717, 1.165) is 84.7 Å². The summed E-state index contributed by atoms with van der Waals surface area (Å²) in [5, 5.41) is 3.02. The average Bonchev–Trinajstić information content (AvgIpc) is 3.27. The molecule has 0 saturated carbocycles. The molecule has 0 spiro atoms. The Hall–Kier alpha value is -3.38. The van der Waals surface area contributed by atoms with Crippen LogP contribution in [0.4, 0.5) is 20.2 Å². The van der Waals surface area contributed by atoms with Crippen LogP contribution in [-0.2, 0) is 6.42 Å². The molecule has 2 aliphatic rings. The Morgan fingerprint density at radius 1 is 1.03 bits per heavy atom. The molecule has 0 bridgehead atoms. The van der Waals surface area contributed by atoms with Crippen molar-refractivity contribution >= 4 is 22.5 Å². The maximum atomic E-state index is 15.3. The zero-order chi connectivity index (χ0) is 25.8. The first-order valence-corrected chi connectivity index (χ1v) is 13.2. The van der Waals surface area contributed by atoms with E-state index in [-0.39, 0.29) is 18.6 Å². The molecular formula is C31H35F2N3O. The lowest BCUT2D eigenvalue weighted by atomic mass is 9.87. The highest BCUT2D eigenvalue weighted by molar-refractivity contribution is 6.00. The molecule has 1 atom stereocenters. The number of nitrogens with zero attached hydrogens (tertiary/aromatic N) is 1. The van der Waals surface area contributed by atoms with Crippen molar-refractivity contribution in [1.29, 1.82) is 0 Å². The number of nitrogen functional groups attached to an aromatic ring is 1. The number of alkyl halides is 1. The Morgan fingerprint density at radius 2 is 1.84 bits per heavy atom. The second-order valence-corrected chi connectivity index (χ2v) is 9.96. The van der Waals surface area contributed by atoms with Crippen LogP contribution in [-0.4, -0.2) is 44.4 Å². The van der Waals surface area contributed by atoms with Crippen molar-refractivity contribution < 1.29 is 13.5 Å². The molecule has 1 unspecified atom stereocenters. The molecule has 1 saturated heterocycles. The van der Waals surface area contributed by atoms with Crippen molar-refractivity contribution in [2.24, 2.45) is 0 Å². The van der Waals surface area contributed by atoms with Gasteiger partial charge >= 0.3 is 0 Å². The largest absolute Gasteiger partial charge is 0.489 e. The van der Waals surface area contributed by atoms with Gasteiger partial charge in [0.15, 0.2) is 0 Å². The predicted octanol–water partition coefficient (Wildman–Crippen LogP) is 6.56. The molecule has 1 aliphatic carbocycles. The molecule has 1 fully saturated rings. The van der Waals surface area contributed by atoms with Gasteiger partial charge in [-0.15, -0.1) is 0 Å². The molecule has 1 aliphatic heterocycles. The highest BCUT2D eigenvalue weighted by atomic mass is 19.1. The van der Waals surface area contributed by atoms with Gasteiger partial charge in [-0.3, -0.25) is 9.29 Å². The third kappa shape index (κ3) is 5.64. The lowest BCUT2D eigenvalue weighted by Gasteiger charge is -2.19. The van der Waals surface area contributed by atoms with Gasteiger partial charge in [0.05, 0.1) is 6.67 Å². The standard InChI is InChI=1S/C31H35F2N3O/c1-35-24-9-13-28(30(33)19-24)29-5-2-4-22-18-23(34)8-12-27(22)31(29)21-6-10-25(11-7-21)37-26-14-17-36(20-26)16-3-15-32/h6-13,18-19,26,35H,2-5,14-17,20,34H2,1H3. The van der Waals surface area contributed by atoms with Gasteiger partial charge < -0.3 is 15.8 Å². The molecule has 0 radical (unpaired) electrons. The Kier molecular flexibility index (Phi) is 7.75. The summed E-state index contributed by atoms with van der Waals surface area (Å²) in [5.41, 5.74) is 13.6. The lowest BCUT2D eigenvalue weighted by molar-refractivity contribution is 0.198. The van der Waals surface area contributed by atoms with Crippen LogP contribution in [0.15, 0.2) is 60.7 Å². The first-order chi connectivity index (χ1) is 18.1. The molecule has 194 valence electrons. The molecular weight excluding hydrogens is 468 g/mol. The van der Waals surface area contributed by atoms with Crippen LogP contribution >= 0.6 is 0 Å². The first kappa shape index (κ1) is 25.3. The normalized spacial score (nSPS) is 18.0. The molecule has 3 aromatic rings. The Balaban J connectivity index is 1.49. The van der Waals surface area contributed by atoms with E-state index in [9.17, 15) is 4.39 Å². The second kappa shape index (κ2) is 11.3. The highest BCUT2D eigenvalue weighted by Gasteiger charge is 2.25. The first-order valence-electron chi connectivity index (χ1n) is 13.2. The minimum absolute atomic E-state index is 0.113. The third-order valence-electron chi connectivity index (χ3n) is 7.44. The van der Waals surface area contributed by atoms with Gasteiger partial charge in [0.25, 0.3) is 0 Å². The fourth-order valence-electron chi connectivity index (χ4n) is 5.59. The van der Waals surface area contributed by atoms with E-state index in [2.05, 4.69) is 28.4 Å². The Labute approximate surface area is 218 Å². The van der Waals surface area contributed by atoms with E-state index in [1.807, 2.05) is 36.4 Å². The lowest BCUT2D eigenvalue weighted by Crippen LogP contribution is -2.26. The van der Waals surface area contributed by atoms with Crippen LogP contribution in [0, 0.1) is 5.82 Å². The van der Waals surface area contributed by atoms with Gasteiger partial charge in [-0.2, -0.15) is 0 Å². The van der Waals surface area contributed by atoms with E-state index in [1.165, 1.54) is 5.56 Å². The van der Waals surface area contributed by atoms with Crippen molar-refractivity contribution in [3.63, 3.8) is 0 Å². The zero-order valence-corrected chi connectivity index (χ0v) is 21.4. The summed E-state index contributed by atoms with van der Waals surface area (Å²) < 4.78 is 34.1. The molecule has 4 nitrogen and oxygen atoms in total. The minimum atomic E-state index is -0.277. The number of hydrogen-bond acceptors (Lipinski definition) is 4. The van der Waals surface area contributed by atoms with Gasteiger partial charge in [0.1, 0.15) is 17.7 Å². The van der Waals surface area contributed by atoms with Gasteiger partial charge in [0, 0.05) is 43.6 Å². The van der Waals surface area contributed by atoms with Crippen molar-refractivity contribution in [1.82, 2.24) is 4.90 Å². The molecule has 3 N–H and O–H groups in total. The van der Waals surface area contributed by atoms with Crippen LogP contribution in [0.3, 0.4) is 0 Å². The number of halogens is 2. The van der Waals surface area contributed by atoms with Gasteiger partial charge in [0.2, 0.25) is 0 Å². The molecule has 3 aromatic carbocycles. The number of aryl methyl sites for hydroxylation is 1. The van der Waals surface area contributed by atoms with Crippen molar-refractivity contribution in [3.05, 3.63) is 88.7 Å². The maximum absolute atomic E-state index is 15.3. The quantitative estimate of drug-likeness (QED) is 0.342. The molecule has 0 amide bonds. The van der Waals surface area contributed by atoms with E-state index in [1.54, 1.807) is 13.1 Å². The monoisotopic (exact) mass is 503 g/mol. The SMILES string of the molecule is CNc1ccc(C2=C(c3ccc(OC4CCN(CCCF)C4)cc3)c3ccc(N)cc3CCC2)c(F)c1. The predicted molar refractivity (Wildman–Crippen MR) is 148 cm³/mol. The van der Waals surface area contributed by atoms with Gasteiger partial charge in [-0.05, 0) is 102 Å². The van der Waals surface area contributed by atoms with Crippen molar-refractivity contribution in [3.8, 4) is 5.75 Å². The van der Waals surface area contributed by atoms with Crippen LogP contribution in [0.5, 0.6) is 5.75 Å². The second-order valence-electron chi connectivity index (χ2n) is 9.96. The van der Waals surface area contributed by atoms with Crippen molar-refractivity contribution in [2.75, 3.05) is 44.4 Å². The summed E-state index contributed by atoms with van der Waals surface area (Å²) in [6, 6.07) is 19.6. The minimum Gasteiger partial charge on any atom is -0.489 e. The topological polar surface area (TPSA) is 50.5 Å². The fourth-order valence-corrected chi connectivity index (χ4v) is 5.59. The number of hydrogen-bond donors (Lipinski definition) is 2. The van der Waals surface area contributed by atoms with E-state index < -0.39 is 0 Å². The number of ether oxygens (including phenoxy) is 1. The molecule has 1 heterocycles. The Bertz CT molecular complexity index is 1270. The molecule has 37 heavy (non-hydrogen) atoms. The summed E-state index contributed by atoms with van der Waals surface area (Å²) in [4.78, 5) is 2.26. The van der Waals surface area contributed by atoms with Gasteiger partial charge in [-0.1, -0.05) is 18.2 Å². The smallest absolute Gasteiger partial charge is 0.132 e. The Morgan fingerprint density at radius 3 is 2.59 bits per heavy atom. The highest BCUT2D eigenvalue weighted by Crippen LogP contribution is 2.41. The summed E-state index contributed by atoms with van der Waals surface area (Å²) >= 11 is 0. The number of nitrogens with two attached hydrogens (primary N) is 1. The number of rotatable bonds is 8. The third-order valence-corrected chi connectivity index (χ3v) is 7.44. The number of anilines is 2. The molecule has 5 rings (SSSR count). The van der Waals surface area contributed by atoms with Gasteiger partial charge in [-0.25, -0.2) is 4.39 Å². The summed E-state index contributed by atoms with van der Waals surface area (Å²) in [5.74, 6) is 0.593. The maximum Gasteiger partial charge on any atom is 0.132 e. The fraction of sp³-hybridized carbons (Fsp3) is 0.355. The number of allylic oxidation sites excluding steroid dienone is 1. The number of fused-ring (bicyclic) bond motifs is 1. The number of benzene rings is 3. The molecule has 0 aromatic heterocycles. The zero-order valence-electron chi connectivity index (χ0n) is 21.4. The van der Waals surface area contributed by atoms with Crippen LogP contribution in [0.2, 0.25) is 0 Å². The number of nitrogens with one attached hydrogen (secondary N) is 1. The van der Waals surface area contributed by atoms with E-state index in [0.29, 0.717) is 12.0 Å². The summed E-state index contributed by atoms with van der Waals surface area (Å²) in [6.07, 6.45) is 4.22. The van der Waals surface area contributed by atoms with Crippen LogP contribution in [0.1, 0.15) is 47.9 Å². The van der Waals surface area contributed by atoms with E-state index >= 15 is 4.39 Å². The number of likely N-dealkylation sites (tertiary alicyclic amines) is 1. The van der Waals surface area contributed by atoms with Crippen LogP contribution < -0.4 is 15.8 Å². The van der Waals surface area contributed by atoms with Crippen LogP contribution in [0.25, 0.3) is 11.1 Å². The summed E-state index contributed by atoms with van der Waals surface area (Å²) in [7, 11) is 1.79. The van der Waals surface area contributed by atoms with Crippen molar-refractivity contribution in [2.45, 2.75) is 38.2 Å².